The molecule has 1 saturated carbocycles. The molecule has 1 aliphatic carbocycles. The number of rotatable bonds is 4. The van der Waals surface area contributed by atoms with Crippen molar-refractivity contribution in [3.05, 3.63) is 0 Å². The summed E-state index contributed by atoms with van der Waals surface area (Å²) in [5.41, 5.74) is -0.751. The molecule has 6 nitrogen and oxygen atoms in total. The van der Waals surface area contributed by atoms with Crippen molar-refractivity contribution in [1.29, 1.82) is 0 Å². The van der Waals surface area contributed by atoms with Crippen molar-refractivity contribution in [2.75, 3.05) is 18.6 Å². The van der Waals surface area contributed by atoms with E-state index in [1.54, 1.807) is 11.8 Å². The van der Waals surface area contributed by atoms with Crippen LogP contribution in [0, 0.1) is 0 Å². The molecular formula is C14H24N2O4S. The summed E-state index contributed by atoms with van der Waals surface area (Å²) in [6.07, 6.45) is 5.86. The maximum absolute atomic E-state index is 12.5. The highest BCUT2D eigenvalue weighted by Gasteiger charge is 2.51. The normalized spacial score (nSPS) is 26.0. The van der Waals surface area contributed by atoms with Gasteiger partial charge in [-0.25, -0.2) is 8.42 Å². The van der Waals surface area contributed by atoms with E-state index in [2.05, 4.69) is 5.32 Å². The largest absolute Gasteiger partial charge is 0.343 e. The lowest BCUT2D eigenvalue weighted by atomic mass is 9.77. The van der Waals surface area contributed by atoms with Gasteiger partial charge in [0.25, 0.3) is 0 Å². The Hall–Kier alpha value is -1.11. The fourth-order valence-electron chi connectivity index (χ4n) is 3.40. The summed E-state index contributed by atoms with van der Waals surface area (Å²) < 4.78 is 22.5. The molecule has 21 heavy (non-hydrogen) atoms. The van der Waals surface area contributed by atoms with Gasteiger partial charge in [0, 0.05) is 12.8 Å². The lowest BCUT2D eigenvalue weighted by Gasteiger charge is -2.49. The Balaban J connectivity index is 2.18. The average molecular weight is 316 g/mol. The second-order valence-corrected chi connectivity index (χ2v) is 8.52. The summed E-state index contributed by atoms with van der Waals surface area (Å²) in [5.74, 6) is -0.123. The minimum absolute atomic E-state index is 0.0445. The van der Waals surface area contributed by atoms with Gasteiger partial charge >= 0.3 is 0 Å². The van der Waals surface area contributed by atoms with Gasteiger partial charge in [0.2, 0.25) is 11.8 Å². The van der Waals surface area contributed by atoms with Crippen LogP contribution in [-0.2, 0) is 19.4 Å². The zero-order chi connectivity index (χ0) is 15.7. The Kier molecular flexibility index (Phi) is 4.60. The predicted octanol–water partition coefficient (Wildman–Crippen LogP) is 0.471. The van der Waals surface area contributed by atoms with Gasteiger partial charge in [0.05, 0.1) is 5.75 Å². The Bertz CT molecular complexity index is 523. The Morgan fingerprint density at radius 1 is 1.24 bits per heavy atom. The first-order chi connectivity index (χ1) is 9.76. The van der Waals surface area contributed by atoms with E-state index in [-0.39, 0.29) is 17.6 Å². The molecular weight excluding hydrogens is 292 g/mol. The monoisotopic (exact) mass is 316 g/mol. The maximum Gasteiger partial charge on any atom is 0.246 e. The minimum Gasteiger partial charge on any atom is -0.343 e. The van der Waals surface area contributed by atoms with Crippen molar-refractivity contribution < 1.29 is 18.0 Å². The fraction of sp³-hybridized carbons (Fsp3) is 0.857. The van der Waals surface area contributed by atoms with Gasteiger partial charge < -0.3 is 10.2 Å². The highest BCUT2D eigenvalue weighted by atomic mass is 32.2. The van der Waals surface area contributed by atoms with E-state index >= 15 is 0 Å². The van der Waals surface area contributed by atoms with E-state index in [1.807, 2.05) is 0 Å². The van der Waals surface area contributed by atoms with Crippen molar-refractivity contribution in [3.63, 3.8) is 0 Å². The second kappa shape index (κ2) is 5.94. The number of sulfone groups is 1. The molecule has 1 spiro atoms. The first-order valence-corrected chi connectivity index (χ1v) is 9.62. The highest BCUT2D eigenvalue weighted by molar-refractivity contribution is 7.90. The molecule has 120 valence electrons. The predicted molar refractivity (Wildman–Crippen MR) is 79.5 cm³/mol. The maximum atomic E-state index is 12.5. The number of carbonyl (C=O) groups excluding carboxylic acids is 2. The molecule has 7 heteroatoms. The summed E-state index contributed by atoms with van der Waals surface area (Å²) >= 11 is 0. The first kappa shape index (κ1) is 16.3. The molecule has 0 aromatic heterocycles. The van der Waals surface area contributed by atoms with Gasteiger partial charge in [-0.15, -0.1) is 0 Å². The molecule has 1 N–H and O–H groups in total. The van der Waals surface area contributed by atoms with Crippen LogP contribution in [0.2, 0.25) is 0 Å². The van der Waals surface area contributed by atoms with Crippen LogP contribution < -0.4 is 5.32 Å². The summed E-state index contributed by atoms with van der Waals surface area (Å²) in [4.78, 5) is 26.6. The van der Waals surface area contributed by atoms with Crippen LogP contribution in [0.3, 0.4) is 0 Å². The van der Waals surface area contributed by atoms with E-state index in [4.69, 9.17) is 0 Å². The third-order valence-electron chi connectivity index (χ3n) is 4.50. The number of hydrogen-bond donors (Lipinski definition) is 1. The summed E-state index contributed by atoms with van der Waals surface area (Å²) in [7, 11) is -3.05. The highest BCUT2D eigenvalue weighted by Crippen LogP contribution is 2.36. The zero-order valence-corrected chi connectivity index (χ0v) is 13.5. The quantitative estimate of drug-likeness (QED) is 0.817. The standard InChI is InChI=1S/C14H24N2O4S/c1-11-12(17)16(9-6-10-21(2,19)20)14(13(18)15-11)7-4-3-5-8-14/h11H,3-10H2,1-2H3,(H,15,18). The number of nitrogens with zero attached hydrogens (tertiary/aromatic N) is 1. The molecule has 2 amide bonds. The minimum atomic E-state index is -3.05. The topological polar surface area (TPSA) is 83.6 Å². The van der Waals surface area contributed by atoms with Crippen LogP contribution in [0.1, 0.15) is 45.4 Å². The van der Waals surface area contributed by atoms with E-state index in [0.29, 0.717) is 25.8 Å². The van der Waals surface area contributed by atoms with Gasteiger partial charge in [0.1, 0.15) is 21.4 Å². The number of hydrogen-bond acceptors (Lipinski definition) is 4. The van der Waals surface area contributed by atoms with Crippen molar-refractivity contribution in [1.82, 2.24) is 10.2 Å². The third-order valence-corrected chi connectivity index (χ3v) is 5.53. The van der Waals surface area contributed by atoms with E-state index in [0.717, 1.165) is 19.3 Å². The van der Waals surface area contributed by atoms with Crippen LogP contribution in [0.4, 0.5) is 0 Å². The first-order valence-electron chi connectivity index (χ1n) is 7.56. The zero-order valence-electron chi connectivity index (χ0n) is 12.7. The molecule has 2 rings (SSSR count). The number of piperazine rings is 1. The van der Waals surface area contributed by atoms with Gasteiger partial charge in [-0.3, -0.25) is 9.59 Å². The summed E-state index contributed by atoms with van der Waals surface area (Å²) in [6.45, 7) is 2.02. The Morgan fingerprint density at radius 3 is 2.43 bits per heavy atom. The lowest BCUT2D eigenvalue weighted by Crippen LogP contribution is -2.70. The Labute approximate surface area is 126 Å². The van der Waals surface area contributed by atoms with E-state index < -0.39 is 21.4 Å². The summed E-state index contributed by atoms with van der Waals surface area (Å²) in [5, 5.41) is 2.78. The van der Waals surface area contributed by atoms with Crippen molar-refractivity contribution in [3.8, 4) is 0 Å². The van der Waals surface area contributed by atoms with Gasteiger partial charge in [0.15, 0.2) is 0 Å². The number of carbonyl (C=O) groups is 2. The molecule has 1 saturated heterocycles. The van der Waals surface area contributed by atoms with Gasteiger partial charge in [-0.1, -0.05) is 19.3 Å². The fourth-order valence-corrected chi connectivity index (χ4v) is 4.06. The average Bonchev–Trinajstić information content (AvgIpc) is 2.41. The Morgan fingerprint density at radius 2 is 1.86 bits per heavy atom. The number of nitrogens with one attached hydrogen (secondary N) is 1. The molecule has 0 aromatic rings. The smallest absolute Gasteiger partial charge is 0.246 e. The van der Waals surface area contributed by atoms with Gasteiger partial charge in [-0.2, -0.15) is 0 Å². The van der Waals surface area contributed by atoms with Crippen LogP contribution in [0.25, 0.3) is 0 Å². The van der Waals surface area contributed by atoms with Crippen LogP contribution in [0.5, 0.6) is 0 Å². The molecule has 1 heterocycles. The molecule has 2 aliphatic rings. The molecule has 1 aliphatic heterocycles. The molecule has 0 aromatic carbocycles. The van der Waals surface area contributed by atoms with Crippen LogP contribution in [-0.4, -0.2) is 55.3 Å². The van der Waals surface area contributed by atoms with Crippen molar-refractivity contribution >= 4 is 21.7 Å². The number of amides is 2. The van der Waals surface area contributed by atoms with Gasteiger partial charge in [-0.05, 0) is 26.2 Å². The molecule has 1 atom stereocenters. The third kappa shape index (κ3) is 3.39. The van der Waals surface area contributed by atoms with Crippen molar-refractivity contribution in [2.24, 2.45) is 0 Å². The van der Waals surface area contributed by atoms with E-state index in [1.165, 1.54) is 6.26 Å². The molecule has 0 radical (unpaired) electrons. The van der Waals surface area contributed by atoms with E-state index in [9.17, 15) is 18.0 Å². The summed E-state index contributed by atoms with van der Waals surface area (Å²) in [6, 6.07) is -0.525. The van der Waals surface area contributed by atoms with Crippen LogP contribution in [0.15, 0.2) is 0 Å². The van der Waals surface area contributed by atoms with Crippen molar-refractivity contribution in [2.45, 2.75) is 57.0 Å². The van der Waals surface area contributed by atoms with Crippen LogP contribution >= 0.6 is 0 Å². The SMILES string of the molecule is CC1NC(=O)C2(CCCCC2)N(CCCS(C)(=O)=O)C1=O. The molecule has 1 unspecified atom stereocenters. The molecule has 0 bridgehead atoms. The lowest BCUT2D eigenvalue weighted by molar-refractivity contribution is -0.159. The second-order valence-electron chi connectivity index (χ2n) is 6.26. The molecule has 2 fully saturated rings.